The molecule has 1 aliphatic carbocycles. The number of ether oxygens (including phenoxy) is 1. The predicted molar refractivity (Wildman–Crippen MR) is 120 cm³/mol. The van der Waals surface area contributed by atoms with Gasteiger partial charge < -0.3 is 30.5 Å². The number of halogens is 1. The molecule has 1 fully saturated rings. The maximum Gasteiger partial charge on any atom is 0.268 e. The van der Waals surface area contributed by atoms with Crippen molar-refractivity contribution in [3.63, 3.8) is 0 Å². The number of benzene rings is 2. The summed E-state index contributed by atoms with van der Waals surface area (Å²) in [7, 11) is 0. The van der Waals surface area contributed by atoms with E-state index >= 15 is 0 Å². The molecule has 5 N–H and O–H groups in total. The molecule has 0 bridgehead atoms. The van der Waals surface area contributed by atoms with Crippen LogP contribution < -0.4 is 10.1 Å². The van der Waals surface area contributed by atoms with Crippen LogP contribution in [0.3, 0.4) is 0 Å². The third-order valence-corrected chi connectivity index (χ3v) is 6.85. The molecule has 4 rings (SSSR count). The van der Waals surface area contributed by atoms with Gasteiger partial charge in [-0.25, -0.2) is 0 Å². The van der Waals surface area contributed by atoms with E-state index in [-0.39, 0.29) is 12.5 Å². The Hall–Kier alpha value is -2.16. The molecule has 0 aromatic heterocycles. The zero-order valence-electron chi connectivity index (χ0n) is 18.0. The summed E-state index contributed by atoms with van der Waals surface area (Å²) in [6.45, 7) is 3.14. The highest BCUT2D eigenvalue weighted by molar-refractivity contribution is 6.31. The van der Waals surface area contributed by atoms with Gasteiger partial charge in [0.15, 0.2) is 5.60 Å². The molecule has 7 nitrogen and oxygen atoms in total. The lowest BCUT2D eigenvalue weighted by Crippen LogP contribution is -2.51. The monoisotopic (exact) mass is 461 g/mol. The Bertz CT molecular complexity index is 1020. The molecule has 172 valence electrons. The first kappa shape index (κ1) is 23.0. The van der Waals surface area contributed by atoms with Crippen LogP contribution in [-0.2, 0) is 11.2 Å². The van der Waals surface area contributed by atoms with E-state index in [1.165, 1.54) is 0 Å². The summed E-state index contributed by atoms with van der Waals surface area (Å²) in [6.07, 6.45) is -2.83. The van der Waals surface area contributed by atoms with Gasteiger partial charge in [-0.2, -0.15) is 0 Å². The lowest BCUT2D eigenvalue weighted by Gasteiger charge is -2.40. The second kappa shape index (κ2) is 8.65. The Kier molecular flexibility index (Phi) is 6.22. The van der Waals surface area contributed by atoms with Crippen LogP contribution in [0.15, 0.2) is 36.4 Å². The van der Waals surface area contributed by atoms with Crippen LogP contribution in [0.1, 0.15) is 42.9 Å². The van der Waals surface area contributed by atoms with E-state index in [1.54, 1.807) is 26.0 Å². The van der Waals surface area contributed by atoms with Crippen molar-refractivity contribution in [1.29, 1.82) is 0 Å². The Labute approximate surface area is 191 Å². The Morgan fingerprint density at radius 1 is 1.09 bits per heavy atom. The first-order valence-electron chi connectivity index (χ1n) is 10.7. The number of amides is 1. The van der Waals surface area contributed by atoms with Crippen molar-refractivity contribution in [3.8, 4) is 5.75 Å². The number of aliphatic hydroxyl groups is 4. The van der Waals surface area contributed by atoms with Crippen LogP contribution in [-0.4, -0.2) is 56.9 Å². The smallest absolute Gasteiger partial charge is 0.268 e. The van der Waals surface area contributed by atoms with Crippen LogP contribution >= 0.6 is 11.6 Å². The highest BCUT2D eigenvalue weighted by Gasteiger charge is 2.43. The average molecular weight is 462 g/mol. The van der Waals surface area contributed by atoms with E-state index < -0.39 is 35.7 Å². The van der Waals surface area contributed by atoms with Crippen LogP contribution in [0, 0.1) is 5.92 Å². The molecule has 8 heteroatoms. The summed E-state index contributed by atoms with van der Waals surface area (Å²) in [5.41, 5.74) is 2.18. The molecular weight excluding hydrogens is 434 g/mol. The Morgan fingerprint density at radius 2 is 1.84 bits per heavy atom. The third-order valence-electron chi connectivity index (χ3n) is 6.48. The number of aliphatic hydroxyl groups excluding tert-OH is 4. The summed E-state index contributed by atoms with van der Waals surface area (Å²) < 4.78 is 5.78. The summed E-state index contributed by atoms with van der Waals surface area (Å²) in [4.78, 5) is 12.2. The maximum atomic E-state index is 12.2. The molecule has 0 radical (unpaired) electrons. The molecular formula is C24H28ClNO6. The fourth-order valence-electron chi connectivity index (χ4n) is 4.49. The van der Waals surface area contributed by atoms with Crippen molar-refractivity contribution in [3.05, 3.63) is 58.1 Å². The van der Waals surface area contributed by atoms with Crippen molar-refractivity contribution in [1.82, 2.24) is 0 Å². The van der Waals surface area contributed by atoms with Crippen LogP contribution in [0.2, 0.25) is 5.02 Å². The second-order valence-corrected chi connectivity index (χ2v) is 9.59. The standard InChI is InChI=1S/C24H28ClNO6/c1-24(2)23(31)26-18-8-12(3-6-19(18)32-24)7-14-9-13(4-5-17(14)25)16-10-15(11-27)20(28)22(30)21(16)29/h3-6,8-9,15-16,20-22,27-30H,7,10-11H2,1-2H3,(H,26,31)/t15-,16+,20-,21+,22+/m1/s1. The van der Waals surface area contributed by atoms with Crippen molar-refractivity contribution in [2.75, 3.05) is 11.9 Å². The molecule has 1 aliphatic heterocycles. The van der Waals surface area contributed by atoms with Crippen LogP contribution in [0.25, 0.3) is 0 Å². The van der Waals surface area contributed by atoms with E-state index in [1.807, 2.05) is 24.3 Å². The summed E-state index contributed by atoms with van der Waals surface area (Å²) >= 11 is 6.45. The molecule has 0 unspecified atom stereocenters. The van der Waals surface area contributed by atoms with Gasteiger partial charge in [0.2, 0.25) is 0 Å². The lowest BCUT2D eigenvalue weighted by molar-refractivity contribution is -0.129. The minimum atomic E-state index is -1.33. The topological polar surface area (TPSA) is 119 Å². The molecule has 1 amide bonds. The van der Waals surface area contributed by atoms with Crippen molar-refractivity contribution in [2.24, 2.45) is 5.92 Å². The summed E-state index contributed by atoms with van der Waals surface area (Å²) in [6, 6.07) is 11.0. The number of rotatable bonds is 4. The molecule has 0 saturated heterocycles. The average Bonchev–Trinajstić information content (AvgIpc) is 2.75. The SMILES string of the molecule is CC1(C)Oc2ccc(Cc3cc([C@@H]4C[C@H](CO)[C@@H](O)[C@H](O)[C@H]4O)ccc3Cl)cc2NC1=O. The molecule has 32 heavy (non-hydrogen) atoms. The fourth-order valence-corrected chi connectivity index (χ4v) is 4.67. The zero-order chi connectivity index (χ0) is 23.2. The molecule has 2 aromatic carbocycles. The maximum absolute atomic E-state index is 12.2. The quantitative estimate of drug-likeness (QED) is 0.476. The lowest BCUT2D eigenvalue weighted by atomic mass is 9.73. The third kappa shape index (κ3) is 4.23. The Balaban J connectivity index is 1.59. The fraction of sp³-hybridized carbons (Fsp3) is 0.458. The predicted octanol–water partition coefficient (Wildman–Crippen LogP) is 2.22. The Morgan fingerprint density at radius 3 is 2.56 bits per heavy atom. The van der Waals surface area contributed by atoms with Gasteiger partial charge in [0.05, 0.1) is 17.9 Å². The molecule has 1 saturated carbocycles. The molecule has 2 aliphatic rings. The van der Waals surface area contributed by atoms with Crippen molar-refractivity contribution < 1.29 is 30.0 Å². The zero-order valence-corrected chi connectivity index (χ0v) is 18.7. The number of nitrogens with one attached hydrogen (secondary N) is 1. The number of fused-ring (bicyclic) bond motifs is 1. The first-order valence-corrected chi connectivity index (χ1v) is 11.1. The first-order chi connectivity index (χ1) is 15.1. The van der Waals surface area contributed by atoms with E-state index in [2.05, 4.69) is 5.32 Å². The van der Waals surface area contributed by atoms with Gasteiger partial charge in [-0.1, -0.05) is 29.8 Å². The summed E-state index contributed by atoms with van der Waals surface area (Å²) in [5.74, 6) is -0.579. The normalized spacial score (nSPS) is 29.1. The van der Waals surface area contributed by atoms with Gasteiger partial charge in [0, 0.05) is 23.5 Å². The van der Waals surface area contributed by atoms with Gasteiger partial charge in [0.1, 0.15) is 11.9 Å². The second-order valence-electron chi connectivity index (χ2n) is 9.18. The van der Waals surface area contributed by atoms with Gasteiger partial charge >= 0.3 is 0 Å². The number of hydrogen-bond donors (Lipinski definition) is 5. The van der Waals surface area contributed by atoms with E-state index in [4.69, 9.17) is 16.3 Å². The summed E-state index contributed by atoms with van der Waals surface area (Å²) in [5, 5.41) is 43.8. The van der Waals surface area contributed by atoms with Crippen molar-refractivity contribution >= 4 is 23.2 Å². The molecule has 1 heterocycles. The minimum absolute atomic E-state index is 0.215. The van der Waals surface area contributed by atoms with Gasteiger partial charge in [-0.15, -0.1) is 0 Å². The van der Waals surface area contributed by atoms with Crippen LogP contribution in [0.5, 0.6) is 5.75 Å². The number of carbonyl (C=O) groups is 1. The number of hydrogen-bond acceptors (Lipinski definition) is 6. The van der Waals surface area contributed by atoms with E-state index in [0.29, 0.717) is 29.3 Å². The van der Waals surface area contributed by atoms with E-state index in [9.17, 15) is 25.2 Å². The van der Waals surface area contributed by atoms with Crippen LogP contribution in [0.4, 0.5) is 5.69 Å². The van der Waals surface area contributed by atoms with Gasteiger partial charge in [-0.05, 0) is 61.6 Å². The van der Waals surface area contributed by atoms with Gasteiger partial charge in [0.25, 0.3) is 5.91 Å². The van der Waals surface area contributed by atoms with Gasteiger partial charge in [-0.3, -0.25) is 4.79 Å². The largest absolute Gasteiger partial charge is 0.476 e. The number of anilines is 1. The molecule has 0 spiro atoms. The van der Waals surface area contributed by atoms with Crippen molar-refractivity contribution in [2.45, 2.75) is 56.5 Å². The minimum Gasteiger partial charge on any atom is -0.476 e. The molecule has 2 aromatic rings. The highest BCUT2D eigenvalue weighted by atomic mass is 35.5. The van der Waals surface area contributed by atoms with E-state index in [0.717, 1.165) is 16.7 Å². The number of carbonyl (C=O) groups excluding carboxylic acids is 1. The molecule has 5 atom stereocenters. The highest BCUT2D eigenvalue weighted by Crippen LogP contribution is 2.39.